The van der Waals surface area contributed by atoms with E-state index in [2.05, 4.69) is 0 Å². The molecule has 0 saturated carbocycles. The molecule has 0 aliphatic carbocycles. The third-order valence-corrected chi connectivity index (χ3v) is 0. The normalized spacial score (nSPS) is 2.00. The Morgan fingerprint density at radius 2 is 1.25 bits per heavy atom. The van der Waals surface area contributed by atoms with E-state index >= 15 is 0 Å². The summed E-state index contributed by atoms with van der Waals surface area (Å²) >= 11 is 1.44. The minimum absolute atomic E-state index is 0. The first-order valence-corrected chi connectivity index (χ1v) is 9.00. The van der Waals surface area contributed by atoms with E-state index in [-0.39, 0.29) is 35.0 Å². The third-order valence-electron chi connectivity index (χ3n) is 0. The minimum atomic E-state index is 0. The van der Waals surface area contributed by atoms with Crippen molar-refractivity contribution in [2.75, 3.05) is 0 Å². The zero-order valence-electron chi connectivity index (χ0n) is 2.50. The molecule has 0 rings (SSSR count). The molecule has 1 nitrogen and oxygen atoms in total. The Balaban J connectivity index is -0.00000000500. The van der Waals surface area contributed by atoms with E-state index in [9.17, 15) is 0 Å². The number of rotatable bonds is 0. The molecule has 0 bridgehead atoms. The number of hydrogen-bond donors (Lipinski definition) is 0. The van der Waals surface area contributed by atoms with E-state index in [0.29, 0.717) is 0 Å². The van der Waals surface area contributed by atoms with Crippen molar-refractivity contribution in [1.29, 1.82) is 0 Å². The van der Waals surface area contributed by atoms with E-state index < -0.39 is 0 Å². The second-order valence-electron chi connectivity index (χ2n) is 0. The molecule has 0 aromatic rings. The fourth-order valence-electron chi connectivity index (χ4n) is 0. The summed E-state index contributed by atoms with van der Waals surface area (Å²) in [6, 6.07) is 0. The standard InChI is InChI=1S/Al.Na.H2O.H3Si.3H/h;;1H2;1H3;;;. The molecule has 0 aromatic carbocycles. The van der Waals surface area contributed by atoms with Crippen molar-refractivity contribution < 1.29 is 5.48 Å². The van der Waals surface area contributed by atoms with Crippen LogP contribution in [0.3, 0.4) is 0 Å². The zero-order chi connectivity index (χ0) is 2.00. The van der Waals surface area contributed by atoms with Gasteiger partial charge in [0.25, 0.3) is 0 Å². The van der Waals surface area contributed by atoms with Gasteiger partial charge in [-0.1, -0.05) is 8.80 Å². The Morgan fingerprint density at radius 1 is 1.25 bits per heavy atom. The fraction of sp³-hybridized carbons (Fsp3) is 0. The first-order valence-electron chi connectivity index (χ1n) is 1.00. The maximum atomic E-state index is 1.44. The second kappa shape index (κ2) is 22.2. The molecule has 0 fully saturated rings. The second-order valence-corrected chi connectivity index (χ2v) is 0. The van der Waals surface area contributed by atoms with Crippen LogP contribution in [-0.2, 0) is 0 Å². The Labute approximate surface area is 59.0 Å². The maximum absolute atomic E-state index is 1.44. The van der Waals surface area contributed by atoms with Gasteiger partial charge in [0.2, 0.25) is 0 Å². The summed E-state index contributed by atoms with van der Waals surface area (Å²) in [6.07, 6.45) is 0. The molecule has 22 valence electrons. The van der Waals surface area contributed by atoms with Crippen LogP contribution in [0, 0.1) is 0 Å². The van der Waals surface area contributed by atoms with Crippen LogP contribution in [0.25, 0.3) is 0 Å². The van der Waals surface area contributed by atoms with Crippen molar-refractivity contribution in [3.05, 3.63) is 0 Å². The van der Waals surface area contributed by atoms with E-state index in [1.54, 1.807) is 0 Å². The van der Waals surface area contributed by atoms with Crippen LogP contribution in [0.15, 0.2) is 0 Å². The predicted molar refractivity (Wildman–Crippen MR) is 29.2 cm³/mol. The molecule has 0 aliphatic rings. The van der Waals surface area contributed by atoms with Gasteiger partial charge in [0.05, 0.1) is 0 Å². The van der Waals surface area contributed by atoms with Crippen LogP contribution in [-0.4, -0.2) is 59.5 Å². The first-order chi connectivity index (χ1) is 1.00. The summed E-state index contributed by atoms with van der Waals surface area (Å²) < 4.78 is 0. The summed E-state index contributed by atoms with van der Waals surface area (Å²) in [5, 5.41) is 0. The summed E-state index contributed by atoms with van der Waals surface area (Å²) in [5.74, 6) is 0. The van der Waals surface area contributed by atoms with E-state index in [0.717, 1.165) is 0 Å². The van der Waals surface area contributed by atoms with E-state index in [4.69, 9.17) is 0 Å². The van der Waals surface area contributed by atoms with Gasteiger partial charge >= 0.3 is 29.6 Å². The Hall–Kier alpha value is 1.71. The monoisotopic (exact) mass is 102 g/mol. The zero-order valence-corrected chi connectivity index (χ0v) is 6.50. The van der Waals surface area contributed by atoms with Crippen molar-refractivity contribution in [1.82, 2.24) is 0 Å². The fourth-order valence-corrected chi connectivity index (χ4v) is 0. The molecule has 4 heavy (non-hydrogen) atoms. The van der Waals surface area contributed by atoms with Crippen molar-refractivity contribution in [2.24, 2.45) is 0 Å². The summed E-state index contributed by atoms with van der Waals surface area (Å²) in [6.45, 7) is 0. The molecular weight excluding hydrogens is 94.1 g/mol. The van der Waals surface area contributed by atoms with Crippen LogP contribution in [0.4, 0.5) is 0 Å². The molecule has 0 atom stereocenters. The van der Waals surface area contributed by atoms with Crippen LogP contribution >= 0.6 is 0 Å². The van der Waals surface area contributed by atoms with E-state index in [1.807, 2.05) is 0 Å². The SMILES string of the molecule is O.[AlH2][SiH3].[NaH]. The van der Waals surface area contributed by atoms with Crippen molar-refractivity contribution in [2.45, 2.75) is 0 Å². The van der Waals surface area contributed by atoms with Gasteiger partial charge < -0.3 is 5.48 Å². The third kappa shape index (κ3) is 9.32. The van der Waals surface area contributed by atoms with Gasteiger partial charge in [0, 0.05) is 0 Å². The molecule has 0 aliphatic heterocycles. The molecule has 0 aromatic heterocycles. The van der Waals surface area contributed by atoms with Crippen molar-refractivity contribution in [3.63, 3.8) is 0 Å². The first kappa shape index (κ1) is 17.2. The van der Waals surface area contributed by atoms with Crippen LogP contribution in [0.5, 0.6) is 0 Å². The van der Waals surface area contributed by atoms with Crippen LogP contribution in [0.2, 0.25) is 0 Å². The van der Waals surface area contributed by atoms with Gasteiger partial charge in [-0.3, -0.25) is 0 Å². The molecule has 0 saturated heterocycles. The van der Waals surface area contributed by atoms with Crippen LogP contribution < -0.4 is 0 Å². The average Bonchev–Trinajstić information content (AvgIpc) is 1.00. The Kier molecular flexibility index (Phi) is 95.6. The molecule has 4 heteroatoms. The molecule has 0 radical (unpaired) electrons. The van der Waals surface area contributed by atoms with Gasteiger partial charge in [0.15, 0.2) is 15.6 Å². The van der Waals surface area contributed by atoms with E-state index in [1.165, 1.54) is 24.4 Å². The molecular formula is H8AlNaOSi. The number of hydrogen-bond acceptors (Lipinski definition) is 0. The molecule has 2 N–H and O–H groups in total. The van der Waals surface area contributed by atoms with Gasteiger partial charge in [0.1, 0.15) is 0 Å². The Bertz CT molecular complexity index is 8.00. The molecule has 0 amide bonds. The topological polar surface area (TPSA) is 31.5 Å². The van der Waals surface area contributed by atoms with Crippen molar-refractivity contribution >= 4 is 54.0 Å². The van der Waals surface area contributed by atoms with Crippen molar-refractivity contribution in [3.8, 4) is 0 Å². The van der Waals surface area contributed by atoms with Crippen LogP contribution in [0.1, 0.15) is 0 Å². The Morgan fingerprint density at radius 3 is 1.25 bits per heavy atom. The molecule has 0 spiro atoms. The van der Waals surface area contributed by atoms with Gasteiger partial charge in [-0.2, -0.15) is 0 Å². The quantitative estimate of drug-likeness (QED) is 0.283. The summed E-state index contributed by atoms with van der Waals surface area (Å²) in [7, 11) is 1.44. The molecule has 0 heterocycles. The predicted octanol–water partition coefficient (Wildman–Crippen LogP) is -3.57. The van der Waals surface area contributed by atoms with Gasteiger partial charge in [-0.05, 0) is 0 Å². The average molecular weight is 102 g/mol. The summed E-state index contributed by atoms with van der Waals surface area (Å²) in [5.41, 5.74) is 0. The van der Waals surface area contributed by atoms with Gasteiger partial charge in [-0.15, -0.1) is 0 Å². The summed E-state index contributed by atoms with van der Waals surface area (Å²) in [4.78, 5) is 0. The van der Waals surface area contributed by atoms with Gasteiger partial charge in [-0.25, -0.2) is 0 Å². The molecule has 0 unspecified atom stereocenters.